The van der Waals surface area contributed by atoms with E-state index in [2.05, 4.69) is 197 Å². The van der Waals surface area contributed by atoms with Crippen LogP contribution in [0, 0.1) is 10.8 Å². The topological polar surface area (TPSA) is 0 Å². The molecule has 4 heteroatoms. The van der Waals surface area contributed by atoms with Crippen molar-refractivity contribution in [2.45, 2.75) is 168 Å². The minimum absolute atomic E-state index is 0.00626. The van der Waals surface area contributed by atoms with Gasteiger partial charge in [-0.15, -0.1) is 0 Å². The van der Waals surface area contributed by atoms with Crippen LogP contribution in [-0.2, 0) is 28.4 Å². The van der Waals surface area contributed by atoms with Crippen molar-refractivity contribution < 1.29 is 15.6 Å². The van der Waals surface area contributed by atoms with E-state index in [9.17, 15) is 0 Å². The average Bonchev–Trinajstić information content (AvgIpc) is 3.78. The number of hydrogen-bond acceptors (Lipinski definition) is 0. The third-order valence-corrected chi connectivity index (χ3v) is 66.0. The van der Waals surface area contributed by atoms with Crippen molar-refractivity contribution in [3.05, 3.63) is 127 Å². The van der Waals surface area contributed by atoms with E-state index in [0.717, 1.165) is 12.8 Å². The summed E-state index contributed by atoms with van der Waals surface area (Å²) >= 11 is -5.18. The molecule has 0 N–H and O–H groups in total. The van der Waals surface area contributed by atoms with Gasteiger partial charge in [-0.2, -0.15) is 0 Å². The molecule has 0 saturated carbocycles. The third kappa shape index (κ3) is 8.18. The number of rotatable bonds is 11. The second-order valence-corrected chi connectivity index (χ2v) is 64.8. The molecule has 0 fully saturated rings. The van der Waals surface area contributed by atoms with Gasteiger partial charge in [0.2, 0.25) is 0 Å². The molecule has 2 unspecified atom stereocenters. The van der Waals surface area contributed by atoms with Crippen LogP contribution in [0.15, 0.2) is 71.8 Å². The van der Waals surface area contributed by atoms with E-state index in [1.54, 1.807) is 0 Å². The van der Waals surface area contributed by atoms with E-state index in [0.29, 0.717) is 23.7 Å². The Labute approximate surface area is 375 Å². The van der Waals surface area contributed by atoms with Gasteiger partial charge < -0.3 is 0 Å². The molecule has 2 atom stereocenters. The van der Waals surface area contributed by atoms with Crippen molar-refractivity contribution in [1.29, 1.82) is 0 Å². The number of allylic oxidation sites excluding steroid dienone is 2. The molecule has 0 nitrogen and oxygen atoms in total. The molecular formula is C56H77Cl2SiZr. The molecule has 2 aliphatic carbocycles. The van der Waals surface area contributed by atoms with Crippen molar-refractivity contribution in [3.63, 3.8) is 0 Å². The zero-order valence-corrected chi connectivity index (χ0v) is 45.8. The SMILES string of the molecule is CCc1ccc2c(c1-c1cc(C(C)C)cc(C(C)C)c1)C=C(C(C)(C)C)[CH]2[Zr]([Cl])([Cl])([CH]1C(C(C)(C)C)=Cc2c1ccc(CC)c2-c1cc(C(C)C)cc(C(C)C)c1)[SiH](C)C. The van der Waals surface area contributed by atoms with Gasteiger partial charge >= 0.3 is 379 Å². The van der Waals surface area contributed by atoms with Gasteiger partial charge in [0, 0.05) is 0 Å². The monoisotopic (exact) mass is 937 g/mol. The van der Waals surface area contributed by atoms with Gasteiger partial charge in [0.1, 0.15) is 0 Å². The molecule has 323 valence electrons. The molecule has 4 aromatic carbocycles. The quantitative estimate of drug-likeness (QED) is 0.131. The number of halogens is 2. The molecule has 0 saturated heterocycles. The Bertz CT molecular complexity index is 2140. The summed E-state index contributed by atoms with van der Waals surface area (Å²) in [6, 6.07) is 24.6. The first kappa shape index (κ1) is 47.5. The van der Waals surface area contributed by atoms with Gasteiger partial charge in [-0.05, 0) is 0 Å². The van der Waals surface area contributed by atoms with Crippen LogP contribution in [0.25, 0.3) is 34.4 Å². The number of benzene rings is 4. The molecule has 6 rings (SSSR count). The summed E-state index contributed by atoms with van der Waals surface area (Å²) in [5, 5.41) is 0. The number of aryl methyl sites for hydroxylation is 2. The van der Waals surface area contributed by atoms with Crippen molar-refractivity contribution >= 4 is 35.1 Å². The molecule has 0 heterocycles. The summed E-state index contributed by atoms with van der Waals surface area (Å²) < 4.78 is 0.0125. The van der Waals surface area contributed by atoms with Crippen LogP contribution in [0.2, 0.25) is 13.1 Å². The van der Waals surface area contributed by atoms with E-state index in [4.69, 9.17) is 17.0 Å². The summed E-state index contributed by atoms with van der Waals surface area (Å²) in [5.74, 6) is -0.0450. The van der Waals surface area contributed by atoms with Gasteiger partial charge in [-0.25, -0.2) is 0 Å². The average molecular weight is 940 g/mol. The van der Waals surface area contributed by atoms with Crippen LogP contribution >= 0.6 is 17.0 Å². The van der Waals surface area contributed by atoms with Gasteiger partial charge in [0.25, 0.3) is 0 Å². The van der Waals surface area contributed by atoms with E-state index in [1.807, 2.05) is 0 Å². The normalized spacial score (nSPS) is 17.8. The Morgan fingerprint density at radius 3 is 1.05 bits per heavy atom. The van der Waals surface area contributed by atoms with E-state index in [1.165, 1.54) is 89.0 Å². The van der Waals surface area contributed by atoms with Crippen molar-refractivity contribution in [3.8, 4) is 22.3 Å². The van der Waals surface area contributed by atoms with Gasteiger partial charge in [0.05, 0.1) is 0 Å². The predicted octanol–water partition coefficient (Wildman–Crippen LogP) is 18.3. The molecule has 0 aliphatic heterocycles. The zero-order valence-electron chi connectivity index (χ0n) is 40.6. The Balaban J connectivity index is 1.72. The zero-order chi connectivity index (χ0) is 44.6. The van der Waals surface area contributed by atoms with Crippen molar-refractivity contribution in [2.24, 2.45) is 10.8 Å². The Morgan fingerprint density at radius 1 is 0.517 bits per heavy atom. The minimum atomic E-state index is -5.18. The molecule has 0 radical (unpaired) electrons. The molecule has 0 bridgehead atoms. The Morgan fingerprint density at radius 2 is 0.817 bits per heavy atom. The fourth-order valence-electron chi connectivity index (χ4n) is 10.6. The standard InChI is InChI=1S/2C27H35.C2H7Si.2ClH.Zr/c2*1-9-19-10-11-20-15-24(27(6,7)8)16-25(20)26(19)23-13-21(17(2)3)12-22(14-23)18(4)5;1-3-2;;;/h2*10-18H,9H2,1-8H3;3H,1-2H3;2*1H;/q;;;;;+2/p-2. The summed E-state index contributed by atoms with van der Waals surface area (Å²) in [7, 11) is 18.3. The molecule has 0 aromatic heterocycles. The van der Waals surface area contributed by atoms with Gasteiger partial charge in [-0.3, -0.25) is 0 Å². The van der Waals surface area contributed by atoms with E-state index in [-0.39, 0.29) is 18.1 Å². The Hall–Kier alpha value is -1.96. The Kier molecular flexibility index (Phi) is 13.4. The third-order valence-electron chi connectivity index (χ3n) is 14.5. The summed E-state index contributed by atoms with van der Waals surface area (Å²) in [4.78, 5) is 0. The fourth-order valence-corrected chi connectivity index (χ4v) is 42.0. The van der Waals surface area contributed by atoms with Crippen molar-refractivity contribution in [1.82, 2.24) is 0 Å². The molecule has 4 aromatic rings. The number of hydrogen-bond donors (Lipinski definition) is 0. The predicted molar refractivity (Wildman–Crippen MR) is 270 cm³/mol. The first-order valence-corrected chi connectivity index (χ1v) is 39.7. The van der Waals surface area contributed by atoms with Gasteiger partial charge in [0.15, 0.2) is 0 Å². The van der Waals surface area contributed by atoms with Gasteiger partial charge in [-0.1, -0.05) is 0 Å². The van der Waals surface area contributed by atoms with Crippen LogP contribution < -0.4 is 0 Å². The fraction of sp³-hybridized carbons (Fsp3) is 0.500. The van der Waals surface area contributed by atoms with Crippen LogP contribution in [0.1, 0.15) is 197 Å². The molecule has 0 spiro atoms. The second kappa shape index (κ2) is 16.9. The van der Waals surface area contributed by atoms with Crippen molar-refractivity contribution in [2.75, 3.05) is 0 Å². The van der Waals surface area contributed by atoms with E-state index < -0.39 is 21.5 Å². The molecular weight excluding hydrogens is 863 g/mol. The summed E-state index contributed by atoms with van der Waals surface area (Å²) in [5.41, 5.74) is 22.0. The van der Waals surface area contributed by atoms with Crippen LogP contribution in [0.4, 0.5) is 0 Å². The maximum atomic E-state index is 9.17. The van der Waals surface area contributed by atoms with Crippen LogP contribution in [0.5, 0.6) is 0 Å². The second-order valence-electron chi connectivity index (χ2n) is 22.3. The summed E-state index contributed by atoms with van der Waals surface area (Å²) in [6.07, 6.45) is 7.12. The maximum absolute atomic E-state index is 9.17. The molecule has 2 aliphatic rings. The molecule has 60 heavy (non-hydrogen) atoms. The number of fused-ring (bicyclic) bond motifs is 2. The first-order chi connectivity index (χ1) is 27.7. The van der Waals surface area contributed by atoms with E-state index >= 15 is 0 Å². The molecule has 0 amide bonds. The van der Waals surface area contributed by atoms with Crippen LogP contribution in [-0.4, -0.2) is 5.92 Å². The first-order valence-electron chi connectivity index (χ1n) is 23.4. The van der Waals surface area contributed by atoms with Crippen LogP contribution in [0.3, 0.4) is 0 Å². The summed E-state index contributed by atoms with van der Waals surface area (Å²) in [6.45, 7) is 42.7.